The van der Waals surface area contributed by atoms with E-state index in [1.165, 1.54) is 0 Å². The lowest BCUT2D eigenvalue weighted by Gasteiger charge is -2.28. The van der Waals surface area contributed by atoms with Crippen LogP contribution in [0.4, 0.5) is 5.69 Å². The Morgan fingerprint density at radius 2 is 1.85 bits per heavy atom. The van der Waals surface area contributed by atoms with Gasteiger partial charge in [0.2, 0.25) is 0 Å². The molecule has 1 atom stereocenters. The third-order valence-electron chi connectivity index (χ3n) is 3.98. The normalized spacial score (nSPS) is 13.1. The van der Waals surface area contributed by atoms with Crippen LogP contribution in [-0.2, 0) is 14.3 Å². The van der Waals surface area contributed by atoms with Crippen LogP contribution in [0, 0.1) is 5.92 Å². The fourth-order valence-corrected chi connectivity index (χ4v) is 2.67. The first-order valence-corrected chi connectivity index (χ1v) is 9.66. The molecule has 0 heterocycles. The van der Waals surface area contributed by atoms with Gasteiger partial charge in [-0.1, -0.05) is 27.2 Å². The molecule has 6 nitrogen and oxygen atoms in total. The summed E-state index contributed by atoms with van der Waals surface area (Å²) in [5, 5.41) is 2.85. The smallest absolute Gasteiger partial charge is 0.341 e. The van der Waals surface area contributed by atoms with Gasteiger partial charge in [0, 0.05) is 12.3 Å². The Balaban J connectivity index is 3.08. The van der Waals surface area contributed by atoms with E-state index in [0.29, 0.717) is 42.6 Å². The Bertz CT molecular complexity index is 621. The number of ether oxygens (including phenoxy) is 3. The fourth-order valence-electron chi connectivity index (χ4n) is 2.67. The summed E-state index contributed by atoms with van der Waals surface area (Å²) in [5.41, 5.74) is -0.119. The molecule has 0 fully saturated rings. The minimum atomic E-state index is -0.916. The maximum absolute atomic E-state index is 12.7. The van der Waals surface area contributed by atoms with E-state index in [1.807, 2.05) is 27.7 Å². The zero-order chi connectivity index (χ0) is 20.4. The number of esters is 1. The molecule has 0 aliphatic carbocycles. The van der Waals surface area contributed by atoms with Gasteiger partial charge in [0.1, 0.15) is 16.9 Å². The van der Waals surface area contributed by atoms with Crippen molar-refractivity contribution < 1.29 is 23.8 Å². The quantitative estimate of drug-likeness (QED) is 0.576. The van der Waals surface area contributed by atoms with E-state index in [-0.39, 0.29) is 12.5 Å². The van der Waals surface area contributed by atoms with E-state index < -0.39 is 11.6 Å². The summed E-state index contributed by atoms with van der Waals surface area (Å²) in [7, 11) is 0. The Morgan fingerprint density at radius 1 is 1.15 bits per heavy atom. The molecule has 1 rings (SSSR count). The molecular formula is C21H33NO5. The van der Waals surface area contributed by atoms with Crippen LogP contribution in [0.1, 0.15) is 64.7 Å². The number of rotatable bonds is 11. The van der Waals surface area contributed by atoms with E-state index >= 15 is 0 Å². The molecule has 152 valence electrons. The number of anilines is 1. The summed E-state index contributed by atoms with van der Waals surface area (Å²) in [6.07, 6.45) is 1.42. The van der Waals surface area contributed by atoms with Crippen molar-refractivity contribution in [1.82, 2.24) is 0 Å². The molecule has 0 aliphatic rings. The van der Waals surface area contributed by atoms with Gasteiger partial charge in [-0.05, 0) is 51.3 Å². The maximum Gasteiger partial charge on any atom is 0.341 e. The SMILES string of the molecule is CCC[C@](C)(OCC)C(=O)Nc1ccc(OCC(C)C)c(C(=O)OCC)c1. The van der Waals surface area contributed by atoms with Gasteiger partial charge in [0.25, 0.3) is 5.91 Å². The largest absolute Gasteiger partial charge is 0.492 e. The summed E-state index contributed by atoms with van der Waals surface area (Å²) in [6.45, 7) is 12.6. The molecule has 1 N–H and O–H groups in total. The second kappa shape index (κ2) is 10.9. The molecule has 0 radical (unpaired) electrons. The van der Waals surface area contributed by atoms with Crippen LogP contribution in [-0.4, -0.2) is 37.3 Å². The summed E-state index contributed by atoms with van der Waals surface area (Å²) in [6, 6.07) is 4.99. The zero-order valence-electron chi connectivity index (χ0n) is 17.4. The molecule has 27 heavy (non-hydrogen) atoms. The van der Waals surface area contributed by atoms with Gasteiger partial charge in [0.05, 0.1) is 13.2 Å². The summed E-state index contributed by atoms with van der Waals surface area (Å²) >= 11 is 0. The zero-order valence-corrected chi connectivity index (χ0v) is 17.4. The molecule has 1 aromatic carbocycles. The first kappa shape index (κ1) is 23.0. The molecule has 0 aliphatic heterocycles. The summed E-state index contributed by atoms with van der Waals surface area (Å²) in [5.74, 6) is 0.0481. The van der Waals surface area contributed by atoms with Crippen LogP contribution < -0.4 is 10.1 Å². The fraction of sp³-hybridized carbons (Fsp3) is 0.619. The van der Waals surface area contributed by atoms with Gasteiger partial charge in [-0.3, -0.25) is 4.79 Å². The number of amides is 1. The average Bonchev–Trinajstić information content (AvgIpc) is 2.61. The molecule has 0 spiro atoms. The lowest BCUT2D eigenvalue weighted by Crippen LogP contribution is -2.42. The van der Waals surface area contributed by atoms with Crippen molar-refractivity contribution in [2.45, 2.75) is 60.0 Å². The van der Waals surface area contributed by atoms with Gasteiger partial charge >= 0.3 is 5.97 Å². The third kappa shape index (κ3) is 6.86. The van der Waals surface area contributed by atoms with Crippen LogP contribution in [0.5, 0.6) is 5.75 Å². The lowest BCUT2D eigenvalue weighted by atomic mass is 9.99. The predicted octanol–water partition coefficient (Wildman–Crippen LogP) is 4.43. The topological polar surface area (TPSA) is 73.9 Å². The molecular weight excluding hydrogens is 346 g/mol. The van der Waals surface area contributed by atoms with Crippen molar-refractivity contribution >= 4 is 17.6 Å². The molecule has 0 bridgehead atoms. The molecule has 0 saturated carbocycles. The van der Waals surface area contributed by atoms with Crippen molar-refractivity contribution in [3.05, 3.63) is 23.8 Å². The molecule has 1 amide bonds. The highest BCUT2D eigenvalue weighted by Gasteiger charge is 2.33. The Labute approximate surface area is 162 Å². The van der Waals surface area contributed by atoms with Crippen molar-refractivity contribution in [3.63, 3.8) is 0 Å². The van der Waals surface area contributed by atoms with E-state index in [2.05, 4.69) is 5.32 Å². The number of nitrogens with one attached hydrogen (secondary N) is 1. The van der Waals surface area contributed by atoms with Gasteiger partial charge in [-0.2, -0.15) is 0 Å². The first-order valence-electron chi connectivity index (χ1n) is 9.66. The molecule has 0 unspecified atom stereocenters. The first-order chi connectivity index (χ1) is 12.8. The number of hydrogen-bond donors (Lipinski definition) is 1. The van der Waals surface area contributed by atoms with Crippen molar-refractivity contribution in [2.24, 2.45) is 5.92 Å². The monoisotopic (exact) mass is 379 g/mol. The minimum Gasteiger partial charge on any atom is -0.492 e. The Hall–Kier alpha value is -2.08. The highest BCUT2D eigenvalue weighted by molar-refractivity contribution is 5.99. The van der Waals surface area contributed by atoms with Crippen molar-refractivity contribution in [3.8, 4) is 5.75 Å². The minimum absolute atomic E-state index is 0.239. The second-order valence-electron chi connectivity index (χ2n) is 7.00. The third-order valence-corrected chi connectivity index (χ3v) is 3.98. The highest BCUT2D eigenvalue weighted by atomic mass is 16.5. The van der Waals surface area contributed by atoms with Gasteiger partial charge in [-0.15, -0.1) is 0 Å². The standard InChI is InChI=1S/C21H33NO5/c1-7-12-21(6,27-9-3)20(24)22-16-10-11-18(26-14-15(4)5)17(13-16)19(23)25-8-2/h10-11,13,15H,7-9,12,14H2,1-6H3,(H,22,24)/t21-/m0/s1. The average molecular weight is 379 g/mol. The van der Waals surface area contributed by atoms with E-state index in [4.69, 9.17) is 14.2 Å². The molecule has 1 aromatic rings. The molecule has 6 heteroatoms. The van der Waals surface area contributed by atoms with Crippen LogP contribution >= 0.6 is 0 Å². The number of carbonyl (C=O) groups is 2. The number of hydrogen-bond acceptors (Lipinski definition) is 5. The number of carbonyl (C=O) groups excluding carboxylic acids is 2. The predicted molar refractivity (Wildman–Crippen MR) is 106 cm³/mol. The van der Waals surface area contributed by atoms with E-state index in [1.54, 1.807) is 32.0 Å². The van der Waals surface area contributed by atoms with Gasteiger partial charge in [-0.25, -0.2) is 4.79 Å². The molecule has 0 aromatic heterocycles. The number of benzene rings is 1. The van der Waals surface area contributed by atoms with Gasteiger partial charge in [0.15, 0.2) is 0 Å². The summed E-state index contributed by atoms with van der Waals surface area (Å²) < 4.78 is 16.5. The van der Waals surface area contributed by atoms with Crippen LogP contribution in [0.2, 0.25) is 0 Å². The van der Waals surface area contributed by atoms with Crippen LogP contribution in [0.15, 0.2) is 18.2 Å². The van der Waals surface area contributed by atoms with Gasteiger partial charge < -0.3 is 19.5 Å². The second-order valence-corrected chi connectivity index (χ2v) is 7.00. The Morgan fingerprint density at radius 3 is 2.41 bits per heavy atom. The maximum atomic E-state index is 12.7. The highest BCUT2D eigenvalue weighted by Crippen LogP contribution is 2.26. The molecule has 0 saturated heterocycles. The Kier molecular flexibility index (Phi) is 9.29. The van der Waals surface area contributed by atoms with Crippen molar-refractivity contribution in [1.29, 1.82) is 0 Å². The van der Waals surface area contributed by atoms with Crippen molar-refractivity contribution in [2.75, 3.05) is 25.1 Å². The van der Waals surface area contributed by atoms with E-state index in [9.17, 15) is 9.59 Å². The van der Waals surface area contributed by atoms with Crippen LogP contribution in [0.3, 0.4) is 0 Å². The van der Waals surface area contributed by atoms with E-state index in [0.717, 1.165) is 6.42 Å². The lowest BCUT2D eigenvalue weighted by molar-refractivity contribution is -0.139. The van der Waals surface area contributed by atoms with Crippen LogP contribution in [0.25, 0.3) is 0 Å². The summed E-state index contributed by atoms with van der Waals surface area (Å²) in [4.78, 5) is 25.0.